The molecule has 1 heterocycles. The highest BCUT2D eigenvalue weighted by molar-refractivity contribution is 7.99. The summed E-state index contributed by atoms with van der Waals surface area (Å²) in [4.78, 5) is 28.5. The molecule has 0 saturated heterocycles. The van der Waals surface area contributed by atoms with Crippen molar-refractivity contribution in [1.29, 1.82) is 0 Å². The maximum atomic E-state index is 12.3. The van der Waals surface area contributed by atoms with Gasteiger partial charge in [-0.15, -0.1) is 0 Å². The molecule has 2 aromatic carbocycles. The van der Waals surface area contributed by atoms with Gasteiger partial charge in [0.2, 0.25) is 11.8 Å². The normalized spacial score (nSPS) is 10.5. The molecule has 0 aliphatic heterocycles. The Hall–Kier alpha value is -3.06. The van der Waals surface area contributed by atoms with Gasteiger partial charge in [0.05, 0.1) is 17.5 Å². The third-order valence-electron chi connectivity index (χ3n) is 3.64. The van der Waals surface area contributed by atoms with Crippen LogP contribution >= 0.6 is 11.8 Å². The highest BCUT2D eigenvalue weighted by Gasteiger charge is 2.13. The van der Waals surface area contributed by atoms with Gasteiger partial charge in [0.1, 0.15) is 0 Å². The minimum Gasteiger partial charge on any atom is -0.493 e. The number of benzene rings is 2. The molecule has 6 nitrogen and oxygen atoms in total. The van der Waals surface area contributed by atoms with E-state index in [0.29, 0.717) is 5.69 Å². The monoisotopic (exact) mass is 367 g/mol. The van der Waals surface area contributed by atoms with Crippen LogP contribution in [-0.4, -0.2) is 26.3 Å². The molecule has 0 fully saturated rings. The van der Waals surface area contributed by atoms with Crippen molar-refractivity contribution in [2.24, 2.45) is 0 Å². The second-order valence-corrected chi connectivity index (χ2v) is 6.50. The molecule has 3 rings (SSSR count). The van der Waals surface area contributed by atoms with Crippen molar-refractivity contribution < 1.29 is 9.90 Å². The molecule has 2 N–H and O–H groups in total. The second-order valence-electron chi connectivity index (χ2n) is 5.56. The molecule has 3 aromatic rings. The largest absolute Gasteiger partial charge is 0.493 e. The summed E-state index contributed by atoms with van der Waals surface area (Å²) in [5.41, 5.74) is 1.90. The lowest BCUT2D eigenvalue weighted by Gasteiger charge is -2.12. The van der Waals surface area contributed by atoms with Crippen molar-refractivity contribution in [2.45, 2.75) is 12.1 Å². The number of amides is 1. The SMILES string of the molecule is Cc1ccccc1NC(=O)CSc1nc(O)cc(=O)n1-c1ccccc1. The Bertz CT molecular complexity index is 987. The van der Waals surface area contributed by atoms with Crippen molar-refractivity contribution in [3.8, 4) is 11.6 Å². The lowest BCUT2D eigenvalue weighted by Crippen LogP contribution is -2.21. The fraction of sp³-hybridized carbons (Fsp3) is 0.105. The van der Waals surface area contributed by atoms with E-state index in [0.717, 1.165) is 29.1 Å². The summed E-state index contributed by atoms with van der Waals surface area (Å²) in [5.74, 6) is -0.539. The summed E-state index contributed by atoms with van der Waals surface area (Å²) >= 11 is 1.08. The van der Waals surface area contributed by atoms with E-state index in [4.69, 9.17) is 0 Å². The zero-order chi connectivity index (χ0) is 18.5. The van der Waals surface area contributed by atoms with Crippen LogP contribution in [0.15, 0.2) is 70.6 Å². The first-order valence-corrected chi connectivity index (χ1v) is 8.90. The number of hydrogen-bond donors (Lipinski definition) is 2. The van der Waals surface area contributed by atoms with Gasteiger partial charge in [-0.25, -0.2) is 0 Å². The number of thioether (sulfide) groups is 1. The van der Waals surface area contributed by atoms with Gasteiger partial charge >= 0.3 is 0 Å². The van der Waals surface area contributed by atoms with Crippen LogP contribution in [-0.2, 0) is 4.79 Å². The number of aromatic hydroxyl groups is 1. The number of hydrogen-bond acceptors (Lipinski definition) is 5. The van der Waals surface area contributed by atoms with E-state index >= 15 is 0 Å². The summed E-state index contributed by atoms with van der Waals surface area (Å²) in [7, 11) is 0. The number of nitrogens with zero attached hydrogens (tertiary/aromatic N) is 2. The fourth-order valence-electron chi connectivity index (χ4n) is 2.39. The van der Waals surface area contributed by atoms with Crippen LogP contribution in [0.5, 0.6) is 5.88 Å². The number of carbonyl (C=O) groups excluding carboxylic acids is 1. The Kier molecular flexibility index (Phi) is 5.38. The van der Waals surface area contributed by atoms with E-state index in [2.05, 4.69) is 10.3 Å². The van der Waals surface area contributed by atoms with Crippen LogP contribution in [0.2, 0.25) is 0 Å². The lowest BCUT2D eigenvalue weighted by atomic mass is 10.2. The van der Waals surface area contributed by atoms with E-state index in [-0.39, 0.29) is 22.7 Å². The Morgan fingerprint density at radius 3 is 2.58 bits per heavy atom. The molecule has 0 bridgehead atoms. The molecule has 0 aliphatic rings. The first kappa shape index (κ1) is 17.8. The predicted octanol–water partition coefficient (Wildman–Crippen LogP) is 2.98. The Labute approximate surface area is 154 Å². The van der Waals surface area contributed by atoms with Crippen LogP contribution in [0.3, 0.4) is 0 Å². The molecular weight excluding hydrogens is 350 g/mol. The van der Waals surface area contributed by atoms with Crippen molar-refractivity contribution >= 4 is 23.4 Å². The van der Waals surface area contributed by atoms with Crippen LogP contribution in [0.25, 0.3) is 5.69 Å². The molecule has 0 radical (unpaired) electrons. The Morgan fingerprint density at radius 1 is 1.15 bits per heavy atom. The number of carbonyl (C=O) groups is 1. The Morgan fingerprint density at radius 2 is 1.85 bits per heavy atom. The number of aryl methyl sites for hydroxylation is 1. The highest BCUT2D eigenvalue weighted by Crippen LogP contribution is 2.21. The summed E-state index contributed by atoms with van der Waals surface area (Å²) in [6.07, 6.45) is 0. The summed E-state index contributed by atoms with van der Waals surface area (Å²) in [5, 5.41) is 12.7. The molecule has 0 atom stereocenters. The van der Waals surface area contributed by atoms with E-state index in [1.807, 2.05) is 37.3 Å². The summed E-state index contributed by atoms with van der Waals surface area (Å²) < 4.78 is 1.37. The van der Waals surface area contributed by atoms with Gasteiger partial charge in [-0.1, -0.05) is 48.2 Å². The van der Waals surface area contributed by atoms with Crippen molar-refractivity contribution in [1.82, 2.24) is 9.55 Å². The van der Waals surface area contributed by atoms with Gasteiger partial charge in [0.25, 0.3) is 5.56 Å². The molecule has 0 unspecified atom stereocenters. The van der Waals surface area contributed by atoms with Crippen molar-refractivity contribution in [3.63, 3.8) is 0 Å². The molecule has 7 heteroatoms. The standard InChI is InChI=1S/C19H17N3O3S/c1-13-7-5-6-10-15(13)20-17(24)12-26-19-21-16(23)11-18(25)22(19)14-8-3-2-4-9-14/h2-11,23H,12H2,1H3,(H,20,24). The molecule has 1 amide bonds. The van der Waals surface area contributed by atoms with Crippen LogP contribution in [0, 0.1) is 6.92 Å². The van der Waals surface area contributed by atoms with Crippen LogP contribution in [0.1, 0.15) is 5.56 Å². The van der Waals surface area contributed by atoms with Crippen molar-refractivity contribution in [3.05, 3.63) is 76.6 Å². The molecule has 0 aliphatic carbocycles. The zero-order valence-corrected chi connectivity index (χ0v) is 14.9. The Balaban J connectivity index is 1.81. The quantitative estimate of drug-likeness (QED) is 0.535. The summed E-state index contributed by atoms with van der Waals surface area (Å²) in [6, 6.07) is 17.5. The minimum atomic E-state index is -0.412. The topological polar surface area (TPSA) is 84.2 Å². The smallest absolute Gasteiger partial charge is 0.262 e. The maximum absolute atomic E-state index is 12.3. The zero-order valence-electron chi connectivity index (χ0n) is 14.0. The van der Waals surface area contributed by atoms with Gasteiger partial charge < -0.3 is 10.4 Å². The molecular formula is C19H17N3O3S. The van der Waals surface area contributed by atoms with Gasteiger partial charge in [0.15, 0.2) is 5.16 Å². The molecule has 0 saturated carbocycles. The maximum Gasteiger partial charge on any atom is 0.262 e. The highest BCUT2D eigenvalue weighted by atomic mass is 32.2. The first-order chi connectivity index (χ1) is 12.5. The second kappa shape index (κ2) is 7.88. The van der Waals surface area contributed by atoms with Crippen LogP contribution in [0.4, 0.5) is 5.69 Å². The van der Waals surface area contributed by atoms with E-state index in [1.54, 1.807) is 24.3 Å². The number of rotatable bonds is 5. The fourth-order valence-corrected chi connectivity index (χ4v) is 3.21. The first-order valence-electron chi connectivity index (χ1n) is 7.91. The van der Waals surface area contributed by atoms with Crippen LogP contribution < -0.4 is 10.9 Å². The predicted molar refractivity (Wildman–Crippen MR) is 102 cm³/mol. The third-order valence-corrected chi connectivity index (χ3v) is 4.58. The minimum absolute atomic E-state index is 0.0526. The van der Waals surface area contributed by atoms with E-state index < -0.39 is 5.56 Å². The van der Waals surface area contributed by atoms with E-state index in [1.165, 1.54) is 4.57 Å². The average molecular weight is 367 g/mol. The van der Waals surface area contributed by atoms with E-state index in [9.17, 15) is 14.7 Å². The average Bonchev–Trinajstić information content (AvgIpc) is 2.62. The van der Waals surface area contributed by atoms with Crippen molar-refractivity contribution in [2.75, 3.05) is 11.1 Å². The molecule has 26 heavy (non-hydrogen) atoms. The number of anilines is 1. The molecule has 0 spiro atoms. The number of para-hydroxylation sites is 2. The number of aromatic nitrogens is 2. The van der Waals surface area contributed by atoms with Gasteiger partial charge in [-0.2, -0.15) is 4.98 Å². The van der Waals surface area contributed by atoms with Gasteiger partial charge in [0, 0.05) is 5.69 Å². The number of nitrogens with one attached hydrogen (secondary N) is 1. The van der Waals surface area contributed by atoms with Gasteiger partial charge in [-0.05, 0) is 30.7 Å². The lowest BCUT2D eigenvalue weighted by molar-refractivity contribution is -0.113. The van der Waals surface area contributed by atoms with Gasteiger partial charge in [-0.3, -0.25) is 14.2 Å². The third kappa shape index (κ3) is 4.12. The summed E-state index contributed by atoms with van der Waals surface area (Å²) in [6.45, 7) is 1.91. The molecule has 132 valence electrons. The molecule has 1 aromatic heterocycles.